The van der Waals surface area contributed by atoms with Crippen LogP contribution in [0.1, 0.15) is 23.9 Å². The summed E-state index contributed by atoms with van der Waals surface area (Å²) in [5, 5.41) is 24.8. The first-order valence-corrected chi connectivity index (χ1v) is 9.52. The van der Waals surface area contributed by atoms with Gasteiger partial charge in [-0.25, -0.2) is 19.6 Å². The number of rotatable bonds is 4. The maximum absolute atomic E-state index is 10.1. The first kappa shape index (κ1) is 20.0. The van der Waals surface area contributed by atoms with Crippen molar-refractivity contribution in [2.45, 2.75) is 24.9 Å². The lowest BCUT2D eigenvalue weighted by atomic mass is 10.2. The van der Waals surface area contributed by atoms with E-state index in [4.69, 9.17) is 4.74 Å². The smallest absolute Gasteiger partial charge is 0.169 e. The summed E-state index contributed by atoms with van der Waals surface area (Å²) in [5.41, 5.74) is 1.82. The Bertz CT molecular complexity index is 1120. The highest BCUT2D eigenvalue weighted by molar-refractivity contribution is 5.91. The van der Waals surface area contributed by atoms with Crippen molar-refractivity contribution < 1.29 is 14.9 Å². The summed E-state index contributed by atoms with van der Waals surface area (Å²) in [4.78, 5) is 14.9. The number of hydrogen-bond donors (Lipinski definition) is 2. The largest absolute Gasteiger partial charge is 0.394 e. The normalized spacial score (nSPS) is 21.1. The molecular weight excluding hydrogens is 384 g/mol. The first-order chi connectivity index (χ1) is 14.6. The monoisotopic (exact) mass is 406 g/mol. The van der Waals surface area contributed by atoms with Gasteiger partial charge in [-0.3, -0.25) is 0 Å². The number of benzene rings is 1. The number of hydrogen-bond acceptors (Lipinski definition) is 7. The molecule has 0 radical (unpaired) electrons. The predicted molar refractivity (Wildman–Crippen MR) is 111 cm³/mol. The number of aliphatic hydroxyl groups excluding tert-OH is 2. The van der Waals surface area contributed by atoms with Gasteiger partial charge in [-0.1, -0.05) is 24.1 Å². The van der Waals surface area contributed by atoms with Gasteiger partial charge in [0.25, 0.3) is 0 Å². The fourth-order valence-corrected chi connectivity index (χ4v) is 3.20. The van der Waals surface area contributed by atoms with Crippen molar-refractivity contribution in [3.05, 3.63) is 47.9 Å². The number of aromatic nitrogens is 4. The molecule has 1 fully saturated rings. The molecule has 3 heterocycles. The van der Waals surface area contributed by atoms with Gasteiger partial charge in [-0.05, 0) is 18.1 Å². The minimum atomic E-state index is -0.786. The second-order valence-corrected chi connectivity index (χ2v) is 7.13. The van der Waals surface area contributed by atoms with E-state index in [1.807, 2.05) is 44.4 Å². The zero-order chi connectivity index (χ0) is 21.1. The number of fused-ring (bicyclic) bond motifs is 1. The molecule has 1 saturated heterocycles. The number of nitrogens with zero attached hydrogens (tertiary/aromatic N) is 6. The third-order valence-electron chi connectivity index (χ3n) is 4.64. The summed E-state index contributed by atoms with van der Waals surface area (Å²) < 4.78 is 7.36. The van der Waals surface area contributed by atoms with Gasteiger partial charge in [-0.15, -0.1) is 0 Å². The molecule has 0 bridgehead atoms. The summed E-state index contributed by atoms with van der Waals surface area (Å²) in [6.45, 7) is -0.273. The molecule has 4 rings (SSSR count). The lowest BCUT2D eigenvalue weighted by molar-refractivity contribution is -0.0470. The summed E-state index contributed by atoms with van der Waals surface area (Å²) in [6, 6.07) is 9.59. The zero-order valence-electron chi connectivity index (χ0n) is 16.7. The predicted octanol–water partition coefficient (Wildman–Crippen LogP) is 1.09. The van der Waals surface area contributed by atoms with E-state index in [9.17, 15) is 10.2 Å². The van der Waals surface area contributed by atoms with E-state index in [1.165, 1.54) is 6.33 Å². The molecule has 0 aliphatic carbocycles. The molecule has 1 aliphatic rings. The first-order valence-electron chi connectivity index (χ1n) is 9.52. The molecule has 3 aromatic rings. The van der Waals surface area contributed by atoms with Gasteiger partial charge in [0.15, 0.2) is 17.7 Å². The van der Waals surface area contributed by atoms with Crippen molar-refractivity contribution in [2.24, 2.45) is 4.99 Å². The fourth-order valence-electron chi connectivity index (χ4n) is 3.20. The van der Waals surface area contributed by atoms with Gasteiger partial charge < -0.3 is 19.8 Å². The minimum Gasteiger partial charge on any atom is -0.394 e. The lowest BCUT2D eigenvalue weighted by Crippen LogP contribution is -2.24. The molecule has 9 heteroatoms. The summed E-state index contributed by atoms with van der Waals surface area (Å²) in [6.07, 6.45) is 1.31. The Morgan fingerprint density at radius 1 is 1.27 bits per heavy atom. The molecule has 2 aromatic heterocycles. The van der Waals surface area contributed by atoms with Crippen LogP contribution in [-0.2, 0) is 4.74 Å². The zero-order valence-corrected chi connectivity index (χ0v) is 16.7. The summed E-state index contributed by atoms with van der Waals surface area (Å²) in [7, 11) is 3.73. The average molecular weight is 406 g/mol. The number of ether oxygens (including phenoxy) is 1. The third-order valence-corrected chi connectivity index (χ3v) is 4.64. The molecule has 154 valence electrons. The van der Waals surface area contributed by atoms with Crippen LogP contribution in [-0.4, -0.2) is 74.1 Å². The highest BCUT2D eigenvalue weighted by Gasteiger charge is 2.36. The quantitative estimate of drug-likeness (QED) is 0.379. The Morgan fingerprint density at radius 2 is 2.07 bits per heavy atom. The second-order valence-electron chi connectivity index (χ2n) is 7.13. The highest BCUT2D eigenvalue weighted by atomic mass is 16.5. The van der Waals surface area contributed by atoms with E-state index >= 15 is 0 Å². The van der Waals surface area contributed by atoms with Crippen molar-refractivity contribution in [2.75, 3.05) is 20.7 Å². The van der Waals surface area contributed by atoms with Crippen molar-refractivity contribution in [3.63, 3.8) is 0 Å². The Hall–Kier alpha value is -3.32. The van der Waals surface area contributed by atoms with E-state index in [0.29, 0.717) is 22.5 Å². The standard InChI is InChI=1S/C21H22N6O3/c1-26(2)13-24-20-19-15(9-8-14-6-4-3-5-7-14)25-27(21(19)23-12-22-20)18-10-16(29)17(11-28)30-18/h3-7,12-13,16-18,28-29H,10-11H2,1-2H3/b24-13+/t16-,17+,18+/m0/s1. The molecule has 9 nitrogen and oxygen atoms in total. The Morgan fingerprint density at radius 3 is 2.77 bits per heavy atom. The average Bonchev–Trinajstić information content (AvgIpc) is 3.31. The number of aliphatic hydroxyl groups is 2. The maximum Gasteiger partial charge on any atom is 0.169 e. The van der Waals surface area contributed by atoms with Crippen LogP contribution in [0.2, 0.25) is 0 Å². The van der Waals surface area contributed by atoms with Crippen molar-refractivity contribution in [3.8, 4) is 11.8 Å². The van der Waals surface area contributed by atoms with Crippen LogP contribution in [0, 0.1) is 11.8 Å². The highest BCUT2D eigenvalue weighted by Crippen LogP contribution is 2.33. The van der Waals surface area contributed by atoms with Gasteiger partial charge in [0.1, 0.15) is 18.1 Å². The second kappa shape index (κ2) is 8.59. The van der Waals surface area contributed by atoms with Crippen LogP contribution in [0.5, 0.6) is 0 Å². The van der Waals surface area contributed by atoms with E-state index in [1.54, 1.807) is 15.9 Å². The van der Waals surface area contributed by atoms with Gasteiger partial charge in [0.2, 0.25) is 0 Å². The molecule has 1 aromatic carbocycles. The topological polar surface area (TPSA) is 109 Å². The molecule has 0 saturated carbocycles. The van der Waals surface area contributed by atoms with Crippen LogP contribution < -0.4 is 0 Å². The van der Waals surface area contributed by atoms with Crippen molar-refractivity contribution in [1.82, 2.24) is 24.6 Å². The van der Waals surface area contributed by atoms with E-state index in [-0.39, 0.29) is 13.0 Å². The fraction of sp³-hybridized carbons (Fsp3) is 0.333. The molecule has 3 atom stereocenters. The SMILES string of the molecule is CN(C)/C=N/c1ncnc2c1c(C#Cc1ccccc1)nn2[C@H]1C[C@H](O)[C@@H](CO)O1. The van der Waals surface area contributed by atoms with Gasteiger partial charge in [0, 0.05) is 26.1 Å². The Balaban J connectivity index is 1.84. The van der Waals surface area contributed by atoms with Gasteiger partial charge >= 0.3 is 0 Å². The van der Waals surface area contributed by atoms with Crippen LogP contribution in [0.3, 0.4) is 0 Å². The van der Waals surface area contributed by atoms with E-state index in [2.05, 4.69) is 31.9 Å². The molecule has 0 amide bonds. The minimum absolute atomic E-state index is 0.273. The van der Waals surface area contributed by atoms with Crippen LogP contribution in [0.4, 0.5) is 5.82 Å². The Kier molecular flexibility index (Phi) is 5.72. The maximum atomic E-state index is 10.1. The molecule has 0 unspecified atom stereocenters. The lowest BCUT2D eigenvalue weighted by Gasteiger charge is -2.12. The van der Waals surface area contributed by atoms with Gasteiger partial charge in [0.05, 0.1) is 24.4 Å². The van der Waals surface area contributed by atoms with E-state index < -0.39 is 18.4 Å². The molecular formula is C21H22N6O3. The van der Waals surface area contributed by atoms with Gasteiger partial charge in [-0.2, -0.15) is 5.10 Å². The summed E-state index contributed by atoms with van der Waals surface area (Å²) in [5.74, 6) is 6.64. The van der Waals surface area contributed by atoms with Crippen LogP contribution in [0.25, 0.3) is 11.0 Å². The van der Waals surface area contributed by atoms with E-state index in [0.717, 1.165) is 5.56 Å². The van der Waals surface area contributed by atoms with Crippen molar-refractivity contribution >= 4 is 23.2 Å². The van der Waals surface area contributed by atoms with Crippen LogP contribution >= 0.6 is 0 Å². The van der Waals surface area contributed by atoms with Crippen LogP contribution in [0.15, 0.2) is 41.7 Å². The molecule has 1 aliphatic heterocycles. The molecule has 30 heavy (non-hydrogen) atoms. The molecule has 2 N–H and O–H groups in total. The Labute approximate surface area is 173 Å². The number of aliphatic imine (C=N–C) groups is 1. The van der Waals surface area contributed by atoms with Crippen molar-refractivity contribution in [1.29, 1.82) is 0 Å². The molecule has 0 spiro atoms. The third kappa shape index (κ3) is 4.02. The summed E-state index contributed by atoms with van der Waals surface area (Å²) >= 11 is 0.